The van der Waals surface area contributed by atoms with Crippen LogP contribution in [0.4, 0.5) is 13.2 Å². The van der Waals surface area contributed by atoms with E-state index in [9.17, 15) is 32.3 Å². The van der Waals surface area contributed by atoms with Crippen molar-refractivity contribution in [3.05, 3.63) is 129 Å². The number of alkyl halides is 3. The van der Waals surface area contributed by atoms with Gasteiger partial charge in [0.1, 0.15) is 17.3 Å². The van der Waals surface area contributed by atoms with Crippen LogP contribution >= 0.6 is 23.2 Å². The standard InChI is InChI=1S/C36H31Cl2N3O5.C2HF3O2/c37-26-14-13-24(33(38)21-26)19-25(34(43)40-15-16-41-35(44)31-11-4-5-12-32(31)36(41)45)20-27(39)22-28(42)17-23-7-6-10-30(18-23)46-29-8-2-1-3-9-29;3-2(4,5)1(6)7/h1-14,18,21,25,39H,15-17,19-20,22H2,(H,40,43);(H,6,7)/t25-;/m1./s1. The molecule has 0 saturated carbocycles. The normalized spacial score (nSPS) is 12.7. The molecule has 1 heterocycles. The minimum Gasteiger partial charge on any atom is -0.475 e. The molecule has 0 radical (unpaired) electrons. The molecule has 53 heavy (non-hydrogen) atoms. The van der Waals surface area contributed by atoms with E-state index in [2.05, 4.69) is 5.32 Å². The predicted octanol–water partition coefficient (Wildman–Crippen LogP) is 7.60. The van der Waals surface area contributed by atoms with Gasteiger partial charge in [0, 0.05) is 47.6 Å². The third kappa shape index (κ3) is 11.7. The highest BCUT2D eigenvalue weighted by molar-refractivity contribution is 6.35. The minimum atomic E-state index is -5.08. The Hall–Kier alpha value is -5.53. The molecular formula is C38H32Cl2F3N3O7. The smallest absolute Gasteiger partial charge is 0.475 e. The van der Waals surface area contributed by atoms with Crippen LogP contribution in [-0.2, 0) is 27.2 Å². The maximum atomic E-state index is 13.4. The topological polar surface area (TPSA) is 154 Å². The van der Waals surface area contributed by atoms with Crippen LogP contribution in [0, 0.1) is 11.3 Å². The quantitative estimate of drug-likeness (QED) is 0.0882. The average molecular weight is 771 g/mol. The monoisotopic (exact) mass is 769 g/mol. The zero-order valence-corrected chi connectivity index (χ0v) is 29.3. The van der Waals surface area contributed by atoms with Gasteiger partial charge in [-0.05, 0) is 72.5 Å². The summed E-state index contributed by atoms with van der Waals surface area (Å²) in [4.78, 5) is 61.8. The molecule has 0 unspecified atom stereocenters. The van der Waals surface area contributed by atoms with Gasteiger partial charge in [-0.25, -0.2) is 4.79 Å². The summed E-state index contributed by atoms with van der Waals surface area (Å²) in [6.45, 7) is 0.0261. The molecule has 1 aliphatic heterocycles. The molecule has 0 aromatic heterocycles. The lowest BCUT2D eigenvalue weighted by atomic mass is 9.91. The van der Waals surface area contributed by atoms with E-state index in [-0.39, 0.29) is 56.2 Å². The number of ketones is 1. The minimum absolute atomic E-state index is 0.00447. The Morgan fingerprint density at radius 2 is 1.45 bits per heavy atom. The number of aliphatic carboxylic acids is 1. The van der Waals surface area contributed by atoms with Crippen molar-refractivity contribution < 1.29 is 47.0 Å². The summed E-state index contributed by atoms with van der Waals surface area (Å²) in [7, 11) is 0. The fourth-order valence-corrected chi connectivity index (χ4v) is 5.81. The number of fused-ring (bicyclic) bond motifs is 1. The third-order valence-electron chi connectivity index (χ3n) is 7.79. The van der Waals surface area contributed by atoms with E-state index in [4.69, 9.17) is 43.2 Å². The lowest BCUT2D eigenvalue weighted by Crippen LogP contribution is -2.41. The van der Waals surface area contributed by atoms with E-state index in [1.54, 1.807) is 48.5 Å². The highest BCUT2D eigenvalue weighted by atomic mass is 35.5. The van der Waals surface area contributed by atoms with Crippen LogP contribution in [0.5, 0.6) is 11.5 Å². The number of halogens is 5. The first-order valence-corrected chi connectivity index (χ1v) is 16.7. The van der Waals surface area contributed by atoms with Crippen LogP contribution < -0.4 is 10.1 Å². The van der Waals surface area contributed by atoms with Gasteiger partial charge in [-0.2, -0.15) is 13.2 Å². The van der Waals surface area contributed by atoms with Gasteiger partial charge < -0.3 is 20.6 Å². The number of hydrogen-bond acceptors (Lipinski definition) is 7. The largest absolute Gasteiger partial charge is 0.490 e. The van der Waals surface area contributed by atoms with Crippen molar-refractivity contribution >= 4 is 58.4 Å². The van der Waals surface area contributed by atoms with Crippen molar-refractivity contribution in [3.63, 3.8) is 0 Å². The van der Waals surface area contributed by atoms with Gasteiger partial charge in [-0.15, -0.1) is 0 Å². The fraction of sp³-hybridized carbons (Fsp3) is 0.211. The summed E-state index contributed by atoms with van der Waals surface area (Å²) in [5.41, 5.74) is 2.19. The molecule has 1 aliphatic rings. The second-order valence-corrected chi connectivity index (χ2v) is 12.6. The van der Waals surface area contributed by atoms with Crippen LogP contribution in [0.3, 0.4) is 0 Å². The number of rotatable bonds is 14. The highest BCUT2D eigenvalue weighted by Crippen LogP contribution is 2.26. The second-order valence-electron chi connectivity index (χ2n) is 11.8. The Morgan fingerprint density at radius 3 is 2.06 bits per heavy atom. The molecule has 276 valence electrons. The number of nitrogens with zero attached hydrogens (tertiary/aromatic N) is 1. The zero-order chi connectivity index (χ0) is 38.7. The second kappa shape index (κ2) is 18.3. The number of benzene rings is 4. The van der Waals surface area contributed by atoms with Crippen LogP contribution in [0.1, 0.15) is 44.7 Å². The summed E-state index contributed by atoms with van der Waals surface area (Å²) >= 11 is 12.5. The summed E-state index contributed by atoms with van der Waals surface area (Å²) in [6.07, 6.45) is -4.89. The molecule has 0 spiro atoms. The number of para-hydroxylation sites is 1. The van der Waals surface area contributed by atoms with Gasteiger partial charge >= 0.3 is 12.1 Å². The van der Waals surface area contributed by atoms with E-state index in [1.807, 2.05) is 48.5 Å². The molecule has 0 bridgehead atoms. The van der Waals surface area contributed by atoms with E-state index in [0.29, 0.717) is 38.2 Å². The summed E-state index contributed by atoms with van der Waals surface area (Å²) in [6, 6.07) is 28.1. The fourth-order valence-electron chi connectivity index (χ4n) is 5.33. The van der Waals surface area contributed by atoms with Crippen molar-refractivity contribution in [1.29, 1.82) is 5.41 Å². The van der Waals surface area contributed by atoms with Gasteiger partial charge in [-0.3, -0.25) is 24.1 Å². The van der Waals surface area contributed by atoms with E-state index in [0.717, 1.165) is 10.5 Å². The number of carboxylic acids is 1. The first-order valence-electron chi connectivity index (χ1n) is 16.0. The van der Waals surface area contributed by atoms with Crippen LogP contribution in [0.2, 0.25) is 10.0 Å². The molecule has 0 saturated heterocycles. The van der Waals surface area contributed by atoms with Crippen LogP contribution in [0.15, 0.2) is 97.1 Å². The molecule has 10 nitrogen and oxygen atoms in total. The van der Waals surface area contributed by atoms with E-state index >= 15 is 0 Å². The van der Waals surface area contributed by atoms with Gasteiger partial charge in [0.25, 0.3) is 11.8 Å². The third-order valence-corrected chi connectivity index (χ3v) is 8.38. The first-order chi connectivity index (χ1) is 25.1. The number of imide groups is 1. The van der Waals surface area contributed by atoms with E-state index < -0.39 is 29.9 Å². The average Bonchev–Trinajstić information content (AvgIpc) is 3.34. The van der Waals surface area contributed by atoms with Gasteiger partial charge in [0.05, 0.1) is 11.1 Å². The number of carbonyl (C=O) groups is 5. The number of Topliss-reactive ketones (excluding diaryl/α,β-unsaturated/α-hetero) is 1. The van der Waals surface area contributed by atoms with Crippen molar-refractivity contribution in [3.8, 4) is 11.5 Å². The number of carboxylic acid groups (broad SMARTS) is 1. The Labute approximate surface area is 312 Å². The van der Waals surface area contributed by atoms with Gasteiger partial charge in [0.2, 0.25) is 5.91 Å². The molecule has 4 aromatic carbocycles. The number of nitrogens with one attached hydrogen (secondary N) is 2. The molecule has 0 aliphatic carbocycles. The zero-order valence-electron chi connectivity index (χ0n) is 27.8. The molecule has 3 amide bonds. The molecule has 5 rings (SSSR count). The molecule has 15 heteroatoms. The number of ether oxygens (including phenoxy) is 1. The SMILES string of the molecule is N=C(CC(=O)Cc1cccc(Oc2ccccc2)c1)C[C@@H](Cc1ccc(Cl)cc1Cl)C(=O)NCCN1C(=O)c2ccccc2C1=O.O=C(O)C(F)(F)F. The predicted molar refractivity (Wildman–Crippen MR) is 191 cm³/mol. The molecule has 1 atom stereocenters. The Bertz CT molecular complexity index is 1970. The Kier molecular flexibility index (Phi) is 13.9. The van der Waals surface area contributed by atoms with Crippen LogP contribution in [0.25, 0.3) is 0 Å². The summed E-state index contributed by atoms with van der Waals surface area (Å²) < 4.78 is 37.6. The maximum absolute atomic E-state index is 13.4. The lowest BCUT2D eigenvalue weighted by molar-refractivity contribution is -0.192. The van der Waals surface area contributed by atoms with Crippen molar-refractivity contribution in [1.82, 2.24) is 10.2 Å². The van der Waals surface area contributed by atoms with Gasteiger partial charge in [-0.1, -0.05) is 71.7 Å². The Balaban J connectivity index is 0.000000815. The van der Waals surface area contributed by atoms with Gasteiger partial charge in [0.15, 0.2) is 0 Å². The number of amides is 3. The number of carbonyl (C=O) groups excluding carboxylic acids is 4. The first kappa shape index (κ1) is 40.2. The highest BCUT2D eigenvalue weighted by Gasteiger charge is 2.38. The maximum Gasteiger partial charge on any atom is 0.490 e. The summed E-state index contributed by atoms with van der Waals surface area (Å²) in [5, 5.41) is 19.4. The molecule has 0 fully saturated rings. The number of hydrogen-bond donors (Lipinski definition) is 3. The van der Waals surface area contributed by atoms with E-state index in [1.165, 1.54) is 0 Å². The van der Waals surface area contributed by atoms with Crippen LogP contribution in [-0.4, -0.2) is 64.5 Å². The van der Waals surface area contributed by atoms with Crippen molar-refractivity contribution in [2.75, 3.05) is 13.1 Å². The Morgan fingerprint density at radius 1 is 0.849 bits per heavy atom. The lowest BCUT2D eigenvalue weighted by Gasteiger charge is -2.20. The summed E-state index contributed by atoms with van der Waals surface area (Å²) in [5.74, 6) is -3.57. The van der Waals surface area contributed by atoms with Crippen molar-refractivity contribution in [2.45, 2.75) is 31.9 Å². The molecular weight excluding hydrogens is 738 g/mol. The molecule has 4 aromatic rings. The van der Waals surface area contributed by atoms with Crippen molar-refractivity contribution in [2.24, 2.45) is 5.92 Å². The molecule has 3 N–H and O–H groups in total.